The van der Waals surface area contributed by atoms with Crippen molar-refractivity contribution in [3.63, 3.8) is 0 Å². The Bertz CT molecular complexity index is 1090. The molecule has 0 radical (unpaired) electrons. The lowest BCUT2D eigenvalue weighted by atomic mass is 9.76. The second-order valence-electron chi connectivity index (χ2n) is 9.58. The molecule has 2 saturated carbocycles. The van der Waals surface area contributed by atoms with Crippen molar-refractivity contribution in [2.75, 3.05) is 0 Å². The highest BCUT2D eigenvalue weighted by Crippen LogP contribution is 2.63. The van der Waals surface area contributed by atoms with Gasteiger partial charge in [-0.15, -0.1) is 0 Å². The number of fused-ring (bicyclic) bond motifs is 3. The van der Waals surface area contributed by atoms with Crippen LogP contribution in [0.1, 0.15) is 37.7 Å². The summed E-state index contributed by atoms with van der Waals surface area (Å²) in [6.07, 6.45) is 24.9. The minimum absolute atomic E-state index is 0.277. The van der Waals surface area contributed by atoms with Crippen LogP contribution in [0.25, 0.3) is 0 Å². The molecule has 6 rings (SSSR count). The first-order valence-corrected chi connectivity index (χ1v) is 11.7. The van der Waals surface area contributed by atoms with E-state index in [2.05, 4.69) is 73.5 Å². The zero-order valence-corrected chi connectivity index (χ0v) is 18.0. The number of aryl methyl sites for hydroxylation is 1. The lowest BCUT2D eigenvalue weighted by Crippen LogP contribution is -2.28. The molecule has 0 amide bonds. The maximum Gasteiger partial charge on any atom is 0.127 e. The van der Waals surface area contributed by atoms with Gasteiger partial charge in [0.1, 0.15) is 11.5 Å². The van der Waals surface area contributed by atoms with Gasteiger partial charge in [0.15, 0.2) is 0 Å². The lowest BCUT2D eigenvalue weighted by Gasteiger charge is -2.26. The van der Waals surface area contributed by atoms with E-state index in [4.69, 9.17) is 9.73 Å². The van der Waals surface area contributed by atoms with E-state index in [1.807, 2.05) is 6.08 Å². The van der Waals surface area contributed by atoms with Crippen LogP contribution in [0.5, 0.6) is 5.75 Å². The van der Waals surface area contributed by atoms with E-state index in [-0.39, 0.29) is 5.41 Å². The maximum atomic E-state index is 6.01. The standard InChI is InChI=1S/C29H29NO/c1-2-24(17-21-7-8-21)31-25-12-9-20(10-13-25)15-16-29-18-23(29)11-14-26-27(19-30-28(26)29)22-5-3-4-6-22/h2-3,5-6,9-14,17,19,21,23,26H,1,4,7-8,15-16,18H2/b24-17+. The van der Waals surface area contributed by atoms with E-state index in [1.165, 1.54) is 48.1 Å². The van der Waals surface area contributed by atoms with Gasteiger partial charge in [0.05, 0.1) is 0 Å². The number of ether oxygens (including phenoxy) is 1. The van der Waals surface area contributed by atoms with Crippen molar-refractivity contribution in [1.29, 1.82) is 0 Å². The summed E-state index contributed by atoms with van der Waals surface area (Å²) in [7, 11) is 0. The molecule has 3 atom stereocenters. The van der Waals surface area contributed by atoms with Crippen molar-refractivity contribution >= 4 is 5.71 Å². The van der Waals surface area contributed by atoms with Crippen LogP contribution in [0.2, 0.25) is 0 Å². The average Bonchev–Trinajstić information content (AvgIpc) is 3.63. The second-order valence-corrected chi connectivity index (χ2v) is 9.58. The highest BCUT2D eigenvalue weighted by molar-refractivity contribution is 6.02. The average molecular weight is 408 g/mol. The fourth-order valence-corrected chi connectivity index (χ4v) is 5.41. The van der Waals surface area contributed by atoms with Crippen LogP contribution in [0, 0.1) is 23.2 Å². The Hall–Kier alpha value is -2.87. The van der Waals surface area contributed by atoms with E-state index in [0.717, 1.165) is 24.4 Å². The Kier molecular flexibility index (Phi) is 4.49. The Balaban J connectivity index is 1.11. The number of hydrogen-bond donors (Lipinski definition) is 0. The largest absolute Gasteiger partial charge is 0.458 e. The van der Waals surface area contributed by atoms with Crippen LogP contribution in [-0.2, 0) is 6.42 Å². The molecule has 2 nitrogen and oxygen atoms in total. The minimum atomic E-state index is 0.277. The van der Waals surface area contributed by atoms with Crippen molar-refractivity contribution in [3.8, 4) is 5.75 Å². The number of hydrogen-bond acceptors (Lipinski definition) is 2. The Labute approximate surface area is 185 Å². The molecule has 5 aliphatic rings. The summed E-state index contributed by atoms with van der Waals surface area (Å²) in [5, 5.41) is 0. The zero-order valence-electron chi connectivity index (χ0n) is 18.0. The monoisotopic (exact) mass is 407 g/mol. The SMILES string of the molecule is C=C/C(=C\C1CC1)Oc1ccc(CCC23CC2C=CC2C(C4=CCC=C4)=CN=C23)cc1. The number of benzene rings is 1. The van der Waals surface area contributed by atoms with Gasteiger partial charge in [-0.1, -0.05) is 49.1 Å². The van der Waals surface area contributed by atoms with E-state index >= 15 is 0 Å². The summed E-state index contributed by atoms with van der Waals surface area (Å²) in [5.41, 5.74) is 5.82. The quantitative estimate of drug-likeness (QED) is 0.261. The Morgan fingerprint density at radius 1 is 1.19 bits per heavy atom. The highest BCUT2D eigenvalue weighted by Gasteiger charge is 2.59. The number of rotatable bonds is 8. The first-order chi connectivity index (χ1) is 15.2. The van der Waals surface area contributed by atoms with Gasteiger partial charge in [0.25, 0.3) is 0 Å². The molecule has 1 aliphatic heterocycles. The summed E-state index contributed by atoms with van der Waals surface area (Å²) in [4.78, 5) is 4.97. The van der Waals surface area contributed by atoms with Crippen molar-refractivity contribution in [2.45, 2.75) is 38.5 Å². The molecule has 0 aromatic heterocycles. The van der Waals surface area contributed by atoms with Crippen molar-refractivity contribution in [3.05, 3.63) is 102 Å². The topological polar surface area (TPSA) is 21.6 Å². The molecule has 0 N–H and O–H groups in total. The van der Waals surface area contributed by atoms with Crippen LogP contribution < -0.4 is 4.74 Å². The van der Waals surface area contributed by atoms with Crippen molar-refractivity contribution in [2.24, 2.45) is 28.2 Å². The first kappa shape index (κ1) is 18.9. The van der Waals surface area contributed by atoms with E-state index in [0.29, 0.717) is 17.8 Å². The van der Waals surface area contributed by atoms with Crippen LogP contribution >= 0.6 is 0 Å². The first-order valence-electron chi connectivity index (χ1n) is 11.7. The molecule has 0 bridgehead atoms. The number of aliphatic imine (C=N–C) groups is 1. The molecule has 1 aromatic rings. The molecule has 4 aliphatic carbocycles. The molecule has 156 valence electrons. The van der Waals surface area contributed by atoms with Crippen LogP contribution in [0.4, 0.5) is 0 Å². The fourth-order valence-electron chi connectivity index (χ4n) is 5.41. The summed E-state index contributed by atoms with van der Waals surface area (Å²) in [6, 6.07) is 8.62. The normalized spacial score (nSPS) is 30.3. The summed E-state index contributed by atoms with van der Waals surface area (Å²) in [5.74, 6) is 3.52. The van der Waals surface area contributed by atoms with E-state index in [1.54, 1.807) is 0 Å². The predicted octanol–water partition coefficient (Wildman–Crippen LogP) is 6.90. The molecule has 0 saturated heterocycles. The van der Waals surface area contributed by atoms with Crippen LogP contribution in [0.3, 0.4) is 0 Å². The third kappa shape index (κ3) is 3.48. The van der Waals surface area contributed by atoms with Gasteiger partial charge >= 0.3 is 0 Å². The van der Waals surface area contributed by atoms with Gasteiger partial charge in [-0.25, -0.2) is 0 Å². The third-order valence-electron chi connectivity index (χ3n) is 7.50. The summed E-state index contributed by atoms with van der Waals surface area (Å²) < 4.78 is 6.01. The predicted molar refractivity (Wildman–Crippen MR) is 127 cm³/mol. The number of allylic oxidation sites excluding steroid dienone is 9. The van der Waals surface area contributed by atoms with Gasteiger partial charge in [-0.3, -0.25) is 4.99 Å². The molecule has 0 spiro atoms. The third-order valence-corrected chi connectivity index (χ3v) is 7.50. The lowest BCUT2D eigenvalue weighted by molar-refractivity contribution is 0.441. The molecule has 1 aromatic carbocycles. The summed E-state index contributed by atoms with van der Waals surface area (Å²) >= 11 is 0. The van der Waals surface area contributed by atoms with Crippen LogP contribution in [0.15, 0.2) is 101 Å². The Morgan fingerprint density at radius 3 is 2.81 bits per heavy atom. The molecule has 2 fully saturated rings. The number of nitrogens with zero attached hydrogens (tertiary/aromatic N) is 1. The van der Waals surface area contributed by atoms with Gasteiger partial charge in [0.2, 0.25) is 0 Å². The van der Waals surface area contributed by atoms with E-state index in [9.17, 15) is 0 Å². The molecule has 1 heterocycles. The zero-order chi connectivity index (χ0) is 20.8. The highest BCUT2D eigenvalue weighted by atomic mass is 16.5. The van der Waals surface area contributed by atoms with Crippen LogP contribution in [-0.4, -0.2) is 5.71 Å². The van der Waals surface area contributed by atoms with Crippen molar-refractivity contribution in [1.82, 2.24) is 0 Å². The fraction of sp³-hybridized carbons (Fsp3) is 0.345. The molecule has 2 heteroatoms. The molecule has 31 heavy (non-hydrogen) atoms. The van der Waals surface area contributed by atoms with Crippen molar-refractivity contribution < 1.29 is 4.74 Å². The summed E-state index contributed by atoms with van der Waals surface area (Å²) in [6.45, 7) is 3.88. The molecular formula is C29H29NO. The van der Waals surface area contributed by atoms with Gasteiger partial charge in [-0.05, 0) is 91.4 Å². The van der Waals surface area contributed by atoms with Gasteiger partial charge in [-0.2, -0.15) is 0 Å². The molecular weight excluding hydrogens is 378 g/mol. The van der Waals surface area contributed by atoms with Gasteiger partial charge in [0, 0.05) is 23.2 Å². The maximum absolute atomic E-state index is 6.01. The smallest absolute Gasteiger partial charge is 0.127 e. The van der Waals surface area contributed by atoms with Gasteiger partial charge < -0.3 is 4.74 Å². The second kappa shape index (κ2) is 7.37. The minimum Gasteiger partial charge on any atom is -0.458 e. The van der Waals surface area contributed by atoms with E-state index < -0.39 is 0 Å². The molecule has 3 unspecified atom stereocenters. The Morgan fingerprint density at radius 2 is 2.06 bits per heavy atom.